The van der Waals surface area contributed by atoms with Gasteiger partial charge in [0, 0.05) is 21.1 Å². The fourth-order valence-corrected chi connectivity index (χ4v) is 3.05. The number of aliphatic carboxylic acids is 1. The van der Waals surface area contributed by atoms with Crippen LogP contribution in [0.4, 0.5) is 0 Å². The molecule has 0 bridgehead atoms. The van der Waals surface area contributed by atoms with Crippen LogP contribution < -0.4 is 0 Å². The van der Waals surface area contributed by atoms with Crippen molar-refractivity contribution in [1.82, 2.24) is 4.98 Å². The van der Waals surface area contributed by atoms with Crippen molar-refractivity contribution in [1.29, 1.82) is 0 Å². The normalized spacial score (nSPS) is 12.7. The first-order chi connectivity index (χ1) is 10.0. The maximum absolute atomic E-state index is 11.5. The van der Waals surface area contributed by atoms with Gasteiger partial charge in [0.25, 0.3) is 0 Å². The lowest BCUT2D eigenvalue weighted by atomic mass is 9.97. The van der Waals surface area contributed by atoms with E-state index in [1.54, 1.807) is 0 Å². The van der Waals surface area contributed by atoms with Gasteiger partial charge in [-0.05, 0) is 40.5 Å². The molecular weight excluding hydrogens is 354 g/mol. The van der Waals surface area contributed by atoms with Gasteiger partial charge in [-0.2, -0.15) is 0 Å². The Morgan fingerprint density at radius 1 is 1.33 bits per heavy atom. The molecule has 0 fully saturated rings. The average Bonchev–Trinajstić information content (AvgIpc) is 2.81. The number of halogens is 2. The summed E-state index contributed by atoms with van der Waals surface area (Å²) in [6.45, 7) is 2.15. The fraction of sp³-hybridized carbons (Fsp3) is 0.438. The zero-order valence-corrected chi connectivity index (χ0v) is 14.3. The lowest BCUT2D eigenvalue weighted by Gasteiger charge is -2.10. The van der Waals surface area contributed by atoms with Gasteiger partial charge in [0.15, 0.2) is 0 Å². The van der Waals surface area contributed by atoms with Gasteiger partial charge in [0.1, 0.15) is 0 Å². The van der Waals surface area contributed by atoms with Crippen LogP contribution in [0.25, 0.3) is 10.9 Å². The molecule has 1 aromatic heterocycles. The minimum atomic E-state index is -0.775. The summed E-state index contributed by atoms with van der Waals surface area (Å²) in [5.74, 6) is -1.25. The largest absolute Gasteiger partial charge is 0.481 e. The number of hydrogen-bond donors (Lipinski definition) is 2. The van der Waals surface area contributed by atoms with E-state index in [4.69, 9.17) is 11.6 Å². The highest BCUT2D eigenvalue weighted by Gasteiger charge is 2.21. The second-order valence-electron chi connectivity index (χ2n) is 5.32. The number of carbonyl (C=O) groups is 1. The number of rotatable bonds is 7. The first-order valence-electron chi connectivity index (χ1n) is 7.23. The SMILES string of the molecule is CCCCCCC(C(=O)O)c1cc2cc(Br)c(Cl)cc2[nH]1. The van der Waals surface area contributed by atoms with E-state index in [0.717, 1.165) is 46.8 Å². The Labute approximate surface area is 137 Å². The van der Waals surface area contributed by atoms with Crippen LogP contribution in [0.15, 0.2) is 22.7 Å². The van der Waals surface area contributed by atoms with Crippen molar-refractivity contribution in [3.05, 3.63) is 33.4 Å². The Morgan fingerprint density at radius 2 is 2.10 bits per heavy atom. The number of H-pyrrole nitrogens is 1. The van der Waals surface area contributed by atoms with Crippen LogP contribution in [0, 0.1) is 0 Å². The van der Waals surface area contributed by atoms with E-state index in [2.05, 4.69) is 27.8 Å². The number of carboxylic acids is 1. The number of nitrogens with one attached hydrogen (secondary N) is 1. The third-order valence-corrected chi connectivity index (χ3v) is 4.90. The highest BCUT2D eigenvalue weighted by molar-refractivity contribution is 9.10. The number of carboxylic acid groups (broad SMARTS) is 1. The van der Waals surface area contributed by atoms with Crippen molar-refractivity contribution in [2.45, 2.75) is 44.9 Å². The zero-order valence-electron chi connectivity index (χ0n) is 12.0. The number of benzene rings is 1. The van der Waals surface area contributed by atoms with Gasteiger partial charge < -0.3 is 10.1 Å². The van der Waals surface area contributed by atoms with E-state index >= 15 is 0 Å². The molecule has 0 spiro atoms. The van der Waals surface area contributed by atoms with Crippen LogP contribution >= 0.6 is 27.5 Å². The van der Waals surface area contributed by atoms with Crippen LogP contribution in [0.5, 0.6) is 0 Å². The summed E-state index contributed by atoms with van der Waals surface area (Å²) in [7, 11) is 0. The third kappa shape index (κ3) is 4.01. The van der Waals surface area contributed by atoms with Gasteiger partial charge >= 0.3 is 5.97 Å². The molecule has 3 nitrogen and oxygen atoms in total. The summed E-state index contributed by atoms with van der Waals surface area (Å²) in [5.41, 5.74) is 1.63. The molecule has 5 heteroatoms. The number of unbranched alkanes of at least 4 members (excludes halogenated alkanes) is 3. The Morgan fingerprint density at radius 3 is 2.76 bits per heavy atom. The molecule has 0 radical (unpaired) electrons. The van der Waals surface area contributed by atoms with Gasteiger partial charge in [-0.25, -0.2) is 0 Å². The van der Waals surface area contributed by atoms with E-state index in [9.17, 15) is 9.90 Å². The van der Waals surface area contributed by atoms with Crippen LogP contribution in [-0.4, -0.2) is 16.1 Å². The number of aromatic nitrogens is 1. The molecule has 1 atom stereocenters. The van der Waals surface area contributed by atoms with Gasteiger partial charge in [-0.3, -0.25) is 4.79 Å². The Kier molecular flexibility index (Phi) is 5.71. The lowest BCUT2D eigenvalue weighted by Crippen LogP contribution is -2.12. The highest BCUT2D eigenvalue weighted by atomic mass is 79.9. The molecule has 21 heavy (non-hydrogen) atoms. The van der Waals surface area contributed by atoms with Crippen molar-refractivity contribution in [2.75, 3.05) is 0 Å². The van der Waals surface area contributed by atoms with E-state index in [0.29, 0.717) is 11.4 Å². The smallest absolute Gasteiger partial charge is 0.312 e. The average molecular weight is 373 g/mol. The Bertz CT molecular complexity index is 599. The van der Waals surface area contributed by atoms with Crippen LogP contribution in [-0.2, 0) is 4.79 Å². The van der Waals surface area contributed by atoms with E-state index in [1.165, 1.54) is 0 Å². The molecule has 0 amide bonds. The molecule has 2 rings (SSSR count). The summed E-state index contributed by atoms with van der Waals surface area (Å²) in [4.78, 5) is 14.7. The predicted molar refractivity (Wildman–Crippen MR) is 90.1 cm³/mol. The van der Waals surface area contributed by atoms with Crippen LogP contribution in [0.2, 0.25) is 5.02 Å². The summed E-state index contributed by atoms with van der Waals surface area (Å²) in [6.07, 6.45) is 4.98. The molecule has 1 aromatic carbocycles. The maximum Gasteiger partial charge on any atom is 0.312 e. The first-order valence-corrected chi connectivity index (χ1v) is 8.40. The molecule has 0 aliphatic rings. The van der Waals surface area contributed by atoms with Gasteiger partial charge in [0.2, 0.25) is 0 Å². The van der Waals surface area contributed by atoms with Crippen molar-refractivity contribution < 1.29 is 9.90 Å². The fourth-order valence-electron chi connectivity index (χ4n) is 2.52. The number of hydrogen-bond acceptors (Lipinski definition) is 1. The molecule has 2 N–H and O–H groups in total. The van der Waals surface area contributed by atoms with E-state index in [-0.39, 0.29) is 0 Å². The number of aromatic amines is 1. The molecule has 0 aliphatic heterocycles. The molecule has 1 unspecified atom stereocenters. The van der Waals surface area contributed by atoms with Gasteiger partial charge in [0.05, 0.1) is 10.9 Å². The summed E-state index contributed by atoms with van der Waals surface area (Å²) < 4.78 is 0.817. The molecule has 1 heterocycles. The Hall–Kier alpha value is -1.00. The molecule has 0 aliphatic carbocycles. The minimum Gasteiger partial charge on any atom is -0.481 e. The lowest BCUT2D eigenvalue weighted by molar-refractivity contribution is -0.139. The summed E-state index contributed by atoms with van der Waals surface area (Å²) >= 11 is 9.46. The quantitative estimate of drug-likeness (QED) is 0.610. The second kappa shape index (κ2) is 7.32. The molecule has 2 aromatic rings. The van der Waals surface area contributed by atoms with E-state index < -0.39 is 11.9 Å². The molecule has 0 saturated heterocycles. The maximum atomic E-state index is 11.5. The Balaban J connectivity index is 2.22. The van der Waals surface area contributed by atoms with Crippen LogP contribution in [0.3, 0.4) is 0 Å². The van der Waals surface area contributed by atoms with Gasteiger partial charge in [-0.1, -0.05) is 44.2 Å². The minimum absolute atomic E-state index is 0.480. The van der Waals surface area contributed by atoms with Gasteiger partial charge in [-0.15, -0.1) is 0 Å². The standard InChI is InChI=1S/C16H19BrClNO2/c1-2-3-4-5-6-11(16(20)21)15-8-10-7-12(17)13(18)9-14(10)19-15/h7-9,11,19H,2-6H2,1H3,(H,20,21). The monoisotopic (exact) mass is 371 g/mol. The zero-order chi connectivity index (χ0) is 15.4. The van der Waals surface area contributed by atoms with Crippen molar-refractivity contribution in [3.8, 4) is 0 Å². The van der Waals surface area contributed by atoms with Crippen molar-refractivity contribution >= 4 is 44.4 Å². The van der Waals surface area contributed by atoms with Crippen molar-refractivity contribution in [2.24, 2.45) is 0 Å². The number of fused-ring (bicyclic) bond motifs is 1. The first kappa shape index (κ1) is 16.4. The molecule has 0 saturated carbocycles. The van der Waals surface area contributed by atoms with Crippen LogP contribution in [0.1, 0.15) is 50.6 Å². The van der Waals surface area contributed by atoms with E-state index in [1.807, 2.05) is 18.2 Å². The molecular formula is C16H19BrClNO2. The summed E-state index contributed by atoms with van der Waals surface area (Å²) in [5, 5.41) is 11.1. The summed E-state index contributed by atoms with van der Waals surface area (Å²) in [6, 6.07) is 5.64. The topological polar surface area (TPSA) is 53.1 Å². The molecule has 114 valence electrons. The highest BCUT2D eigenvalue weighted by Crippen LogP contribution is 2.31. The predicted octanol–water partition coefficient (Wildman–Crippen LogP) is 5.72. The second-order valence-corrected chi connectivity index (χ2v) is 6.58. The third-order valence-electron chi connectivity index (χ3n) is 3.70. The van der Waals surface area contributed by atoms with Crippen molar-refractivity contribution in [3.63, 3.8) is 0 Å².